The van der Waals surface area contributed by atoms with Crippen LogP contribution in [0.5, 0.6) is 0 Å². The zero-order valence-electron chi connectivity index (χ0n) is 5.94. The van der Waals surface area contributed by atoms with E-state index < -0.39 is 18.1 Å². The number of nitrogens with one attached hydrogen (secondary N) is 1. The highest BCUT2D eigenvalue weighted by Gasteiger charge is 2.32. The van der Waals surface area contributed by atoms with E-state index in [0.717, 1.165) is 6.34 Å². The van der Waals surface area contributed by atoms with Crippen molar-refractivity contribution < 1.29 is 14.7 Å². The number of aliphatic hydroxyl groups is 1. The molecule has 5 heteroatoms. The molecule has 2 atom stereocenters. The fraction of sp³-hybridized carbons (Fsp3) is 0.500. The molecule has 0 saturated heterocycles. The average Bonchev–Trinajstić information content (AvgIpc) is 1.85. The smallest absolute Gasteiger partial charge is 0.240 e. The molecule has 0 fully saturated rings. The third-order valence-corrected chi connectivity index (χ3v) is 1.45. The molecule has 2 N–H and O–H groups in total. The lowest BCUT2D eigenvalue weighted by Gasteiger charge is -2.18. The first-order chi connectivity index (χ1) is 5.13. The SMILES string of the molecule is CC(=O)C1C(=O)NC=NC1O. The Morgan fingerprint density at radius 3 is 2.82 bits per heavy atom. The van der Waals surface area contributed by atoms with Crippen LogP contribution in [0, 0.1) is 5.92 Å². The maximum atomic E-state index is 10.9. The van der Waals surface area contributed by atoms with Crippen LogP contribution >= 0.6 is 0 Å². The minimum absolute atomic E-state index is 0.383. The molecule has 5 nitrogen and oxygen atoms in total. The molecule has 0 saturated carbocycles. The zero-order valence-corrected chi connectivity index (χ0v) is 5.94. The normalized spacial score (nSPS) is 29.8. The summed E-state index contributed by atoms with van der Waals surface area (Å²) in [6.45, 7) is 1.24. The van der Waals surface area contributed by atoms with Gasteiger partial charge in [0, 0.05) is 0 Å². The van der Waals surface area contributed by atoms with Gasteiger partial charge < -0.3 is 10.4 Å². The van der Waals surface area contributed by atoms with Gasteiger partial charge in [0.05, 0.1) is 6.34 Å². The number of aliphatic imine (C=N–C) groups is 1. The largest absolute Gasteiger partial charge is 0.370 e. The molecular weight excluding hydrogens is 148 g/mol. The van der Waals surface area contributed by atoms with Crippen molar-refractivity contribution in [3.05, 3.63) is 0 Å². The van der Waals surface area contributed by atoms with Crippen LogP contribution in [0.1, 0.15) is 6.92 Å². The van der Waals surface area contributed by atoms with Crippen molar-refractivity contribution in [2.45, 2.75) is 13.2 Å². The quantitative estimate of drug-likeness (QED) is 0.461. The number of ketones is 1. The Bertz CT molecular complexity index is 224. The van der Waals surface area contributed by atoms with Crippen LogP contribution in [-0.2, 0) is 9.59 Å². The molecule has 0 aromatic heterocycles. The van der Waals surface area contributed by atoms with Gasteiger partial charge in [-0.05, 0) is 6.92 Å². The van der Waals surface area contributed by atoms with Gasteiger partial charge in [0.25, 0.3) is 0 Å². The van der Waals surface area contributed by atoms with E-state index in [2.05, 4.69) is 10.3 Å². The molecule has 60 valence electrons. The highest BCUT2D eigenvalue weighted by molar-refractivity contribution is 6.05. The fourth-order valence-corrected chi connectivity index (χ4v) is 0.883. The van der Waals surface area contributed by atoms with Gasteiger partial charge in [-0.2, -0.15) is 0 Å². The van der Waals surface area contributed by atoms with Gasteiger partial charge in [-0.1, -0.05) is 0 Å². The number of hydrogen-bond donors (Lipinski definition) is 2. The highest BCUT2D eigenvalue weighted by atomic mass is 16.3. The molecule has 11 heavy (non-hydrogen) atoms. The van der Waals surface area contributed by atoms with Crippen molar-refractivity contribution in [3.8, 4) is 0 Å². The summed E-state index contributed by atoms with van der Waals surface area (Å²) < 4.78 is 0. The number of carbonyl (C=O) groups is 2. The second-order valence-electron chi connectivity index (χ2n) is 2.29. The Labute approximate surface area is 63.1 Å². The van der Waals surface area contributed by atoms with Crippen molar-refractivity contribution in [2.24, 2.45) is 10.9 Å². The van der Waals surface area contributed by atoms with Crippen molar-refractivity contribution in [2.75, 3.05) is 0 Å². The summed E-state index contributed by atoms with van der Waals surface area (Å²) >= 11 is 0. The predicted molar refractivity (Wildman–Crippen MR) is 36.8 cm³/mol. The monoisotopic (exact) mass is 156 g/mol. The number of hydrogen-bond acceptors (Lipinski definition) is 4. The molecular formula is C6H8N2O3. The Morgan fingerprint density at radius 2 is 2.45 bits per heavy atom. The summed E-state index contributed by atoms with van der Waals surface area (Å²) in [5.41, 5.74) is 0. The zero-order chi connectivity index (χ0) is 8.43. The van der Waals surface area contributed by atoms with Gasteiger partial charge in [0.1, 0.15) is 11.7 Å². The molecule has 0 bridgehead atoms. The van der Waals surface area contributed by atoms with Gasteiger partial charge in [0.2, 0.25) is 5.91 Å². The second kappa shape index (κ2) is 2.79. The lowest BCUT2D eigenvalue weighted by atomic mass is 10.0. The first-order valence-electron chi connectivity index (χ1n) is 3.13. The third kappa shape index (κ3) is 1.43. The van der Waals surface area contributed by atoms with E-state index in [1.54, 1.807) is 0 Å². The van der Waals surface area contributed by atoms with E-state index in [4.69, 9.17) is 5.11 Å². The summed E-state index contributed by atoms with van der Waals surface area (Å²) in [5.74, 6) is -1.92. The second-order valence-corrected chi connectivity index (χ2v) is 2.29. The molecule has 1 aliphatic rings. The number of nitrogens with zero attached hydrogens (tertiary/aromatic N) is 1. The van der Waals surface area contributed by atoms with Crippen molar-refractivity contribution in [1.29, 1.82) is 0 Å². The third-order valence-electron chi connectivity index (χ3n) is 1.45. The molecule has 0 aromatic rings. The summed E-state index contributed by atoms with van der Waals surface area (Å²) in [6.07, 6.45) is -0.131. The Morgan fingerprint density at radius 1 is 1.82 bits per heavy atom. The lowest BCUT2D eigenvalue weighted by molar-refractivity contribution is -0.137. The molecule has 0 radical (unpaired) electrons. The van der Waals surface area contributed by atoms with Crippen LogP contribution in [0.15, 0.2) is 4.99 Å². The van der Waals surface area contributed by atoms with Gasteiger partial charge in [-0.25, -0.2) is 4.99 Å². The molecule has 1 rings (SSSR count). The highest BCUT2D eigenvalue weighted by Crippen LogP contribution is 2.08. The maximum absolute atomic E-state index is 10.9. The van der Waals surface area contributed by atoms with E-state index in [0.29, 0.717) is 0 Å². The standard InChI is InChI=1S/C6H8N2O3/c1-3(9)4-5(10)7-2-8-6(4)11/h2,4-5,10H,1H3,(H,7,8,11). The van der Waals surface area contributed by atoms with Crippen LogP contribution in [0.25, 0.3) is 0 Å². The van der Waals surface area contributed by atoms with Gasteiger partial charge in [-0.3, -0.25) is 9.59 Å². The Kier molecular flexibility index (Phi) is 2.00. The number of aliphatic hydroxyl groups excluding tert-OH is 1. The summed E-state index contributed by atoms with van der Waals surface area (Å²) in [5, 5.41) is 11.3. The first-order valence-corrected chi connectivity index (χ1v) is 3.13. The minimum atomic E-state index is -1.22. The molecule has 2 unspecified atom stereocenters. The molecule has 1 amide bonds. The van der Waals surface area contributed by atoms with E-state index >= 15 is 0 Å². The van der Waals surface area contributed by atoms with Crippen LogP contribution in [-0.4, -0.2) is 29.4 Å². The summed E-state index contributed by atoms with van der Waals surface area (Å²) in [4.78, 5) is 25.0. The van der Waals surface area contributed by atoms with Crippen LogP contribution in [0.3, 0.4) is 0 Å². The number of rotatable bonds is 1. The van der Waals surface area contributed by atoms with Crippen molar-refractivity contribution in [1.82, 2.24) is 5.32 Å². The summed E-state index contributed by atoms with van der Waals surface area (Å²) in [6, 6.07) is 0. The van der Waals surface area contributed by atoms with E-state index in [-0.39, 0.29) is 5.78 Å². The number of Topliss-reactive ketones (excluding diaryl/α,β-unsaturated/α-hetero) is 1. The van der Waals surface area contributed by atoms with E-state index in [1.807, 2.05) is 0 Å². The van der Waals surface area contributed by atoms with Crippen LogP contribution < -0.4 is 5.32 Å². The molecule has 1 aliphatic heterocycles. The van der Waals surface area contributed by atoms with Crippen molar-refractivity contribution in [3.63, 3.8) is 0 Å². The minimum Gasteiger partial charge on any atom is -0.370 e. The van der Waals surface area contributed by atoms with E-state index in [1.165, 1.54) is 6.92 Å². The van der Waals surface area contributed by atoms with Gasteiger partial charge >= 0.3 is 0 Å². The lowest BCUT2D eigenvalue weighted by Crippen LogP contribution is -2.44. The molecule has 0 aromatic carbocycles. The first kappa shape index (κ1) is 7.87. The average molecular weight is 156 g/mol. The Hall–Kier alpha value is -1.23. The number of carbonyl (C=O) groups excluding carboxylic acids is 2. The molecule has 0 spiro atoms. The fourth-order valence-electron chi connectivity index (χ4n) is 0.883. The summed E-state index contributed by atoms with van der Waals surface area (Å²) in [7, 11) is 0. The molecule has 1 heterocycles. The maximum Gasteiger partial charge on any atom is 0.240 e. The topological polar surface area (TPSA) is 78.8 Å². The van der Waals surface area contributed by atoms with Gasteiger partial charge in [-0.15, -0.1) is 0 Å². The van der Waals surface area contributed by atoms with Gasteiger partial charge in [0.15, 0.2) is 6.23 Å². The predicted octanol–water partition coefficient (Wildman–Crippen LogP) is -1.33. The van der Waals surface area contributed by atoms with Crippen molar-refractivity contribution >= 4 is 18.0 Å². The van der Waals surface area contributed by atoms with Crippen LogP contribution in [0.4, 0.5) is 0 Å². The van der Waals surface area contributed by atoms with Crippen LogP contribution in [0.2, 0.25) is 0 Å². The Balaban J connectivity index is 2.83. The van der Waals surface area contributed by atoms with E-state index in [9.17, 15) is 9.59 Å². The number of amides is 1. The molecule has 0 aliphatic carbocycles.